The third-order valence-electron chi connectivity index (χ3n) is 5.37. The Balaban J connectivity index is 1.28. The second-order valence-corrected chi connectivity index (χ2v) is 7.64. The Labute approximate surface area is 189 Å². The molecule has 1 fully saturated rings. The monoisotopic (exact) mass is 454 g/mol. The average Bonchev–Trinajstić information content (AvgIpc) is 2.84. The van der Waals surface area contributed by atoms with Gasteiger partial charge in [0.1, 0.15) is 23.3 Å². The molecule has 4 rings (SSSR count). The van der Waals surface area contributed by atoms with Gasteiger partial charge in [0, 0.05) is 30.4 Å². The summed E-state index contributed by atoms with van der Waals surface area (Å²) in [7, 11) is 1.53. The van der Waals surface area contributed by atoms with Crippen LogP contribution in [0.3, 0.4) is 0 Å². The molecule has 2 N–H and O–H groups in total. The van der Waals surface area contributed by atoms with Crippen molar-refractivity contribution in [2.45, 2.75) is 25.0 Å². The maximum atomic E-state index is 13.6. The van der Waals surface area contributed by atoms with Gasteiger partial charge in [0.05, 0.1) is 24.9 Å². The lowest BCUT2D eigenvalue weighted by atomic mass is 10.0. The van der Waals surface area contributed by atoms with Gasteiger partial charge in [-0.2, -0.15) is 0 Å². The first-order valence-electron chi connectivity index (χ1n) is 10.6. The van der Waals surface area contributed by atoms with Gasteiger partial charge in [-0.1, -0.05) is 12.2 Å². The van der Waals surface area contributed by atoms with Crippen molar-refractivity contribution in [1.82, 2.24) is 15.3 Å². The molecule has 1 saturated heterocycles. The van der Waals surface area contributed by atoms with E-state index in [1.807, 2.05) is 0 Å². The fourth-order valence-electron chi connectivity index (χ4n) is 3.62. The van der Waals surface area contributed by atoms with Crippen molar-refractivity contribution in [2.24, 2.45) is 0 Å². The number of carbonyl (C=O) groups excluding carboxylic acids is 1. The molecule has 0 saturated carbocycles. The van der Waals surface area contributed by atoms with Crippen molar-refractivity contribution in [3.8, 4) is 5.88 Å². The molecule has 1 aliphatic heterocycles. The fraction of sp³-hybridized carbons (Fsp3) is 0.292. The molecular formula is C24H24F2N4O3. The second kappa shape index (κ2) is 10.5. The number of nitrogens with zero attached hydrogens (tertiary/aromatic N) is 2. The van der Waals surface area contributed by atoms with Crippen molar-refractivity contribution < 1.29 is 23.0 Å². The number of benzene rings is 1. The third kappa shape index (κ3) is 5.68. The Morgan fingerprint density at radius 3 is 2.91 bits per heavy atom. The highest BCUT2D eigenvalue weighted by Crippen LogP contribution is 2.23. The van der Waals surface area contributed by atoms with Crippen molar-refractivity contribution in [3.05, 3.63) is 65.9 Å². The summed E-state index contributed by atoms with van der Waals surface area (Å²) in [4.78, 5) is 21.4. The fourth-order valence-corrected chi connectivity index (χ4v) is 3.62. The molecule has 9 heteroatoms. The van der Waals surface area contributed by atoms with E-state index in [1.54, 1.807) is 30.5 Å². The van der Waals surface area contributed by atoms with E-state index in [0.717, 1.165) is 24.6 Å². The number of hydrogen-bond donors (Lipinski definition) is 2. The lowest BCUT2D eigenvalue weighted by Gasteiger charge is -2.28. The summed E-state index contributed by atoms with van der Waals surface area (Å²) in [6, 6.07) is 8.57. The number of nitrogens with one attached hydrogen (secondary N) is 2. The van der Waals surface area contributed by atoms with Crippen molar-refractivity contribution in [2.75, 3.05) is 25.6 Å². The van der Waals surface area contributed by atoms with Crippen LogP contribution in [-0.2, 0) is 9.53 Å². The van der Waals surface area contributed by atoms with E-state index in [1.165, 1.54) is 13.2 Å². The summed E-state index contributed by atoms with van der Waals surface area (Å²) in [5, 5.41) is 6.16. The standard InChI is InChI=1S/C24H24F2N4O3/c1-32-22-9-7-19-23(30-22)20(10-12-28-19)29-24(31)21-8-5-17(14-33-21)27-11-2-3-15-13-16(25)4-6-18(15)26/h2-4,6-7,9-10,12-13,17,21,27H,5,8,11,14H2,1H3,(H,28,29,31)/b3-2+/t17-,21+/m1/s1. The van der Waals surface area contributed by atoms with Gasteiger partial charge in [0.2, 0.25) is 5.88 Å². The highest BCUT2D eigenvalue weighted by atomic mass is 19.1. The first-order valence-corrected chi connectivity index (χ1v) is 10.6. The zero-order valence-electron chi connectivity index (χ0n) is 18.1. The first kappa shape index (κ1) is 22.8. The van der Waals surface area contributed by atoms with Gasteiger partial charge in [-0.15, -0.1) is 0 Å². The van der Waals surface area contributed by atoms with Gasteiger partial charge in [0.15, 0.2) is 0 Å². The van der Waals surface area contributed by atoms with Crippen molar-refractivity contribution in [1.29, 1.82) is 0 Å². The molecule has 1 aliphatic rings. The lowest BCUT2D eigenvalue weighted by Crippen LogP contribution is -2.43. The van der Waals surface area contributed by atoms with E-state index in [0.29, 0.717) is 42.2 Å². The molecule has 172 valence electrons. The minimum Gasteiger partial charge on any atom is -0.481 e. The van der Waals surface area contributed by atoms with Crippen LogP contribution in [0.1, 0.15) is 18.4 Å². The Hall–Kier alpha value is -3.43. The third-order valence-corrected chi connectivity index (χ3v) is 5.37. The molecule has 0 radical (unpaired) electrons. The smallest absolute Gasteiger partial charge is 0.253 e. The van der Waals surface area contributed by atoms with Crippen LogP contribution in [0.4, 0.5) is 14.5 Å². The van der Waals surface area contributed by atoms with Crippen LogP contribution in [-0.4, -0.2) is 48.3 Å². The topological polar surface area (TPSA) is 85.4 Å². The quantitative estimate of drug-likeness (QED) is 0.566. The molecule has 1 aromatic carbocycles. The number of ether oxygens (including phenoxy) is 2. The molecule has 0 spiro atoms. The predicted molar refractivity (Wildman–Crippen MR) is 121 cm³/mol. The molecule has 33 heavy (non-hydrogen) atoms. The number of aromatic nitrogens is 2. The van der Waals surface area contributed by atoms with Crippen LogP contribution in [0.15, 0.2) is 48.7 Å². The summed E-state index contributed by atoms with van der Waals surface area (Å²) in [5.41, 5.74) is 1.93. The van der Waals surface area contributed by atoms with Gasteiger partial charge in [0.25, 0.3) is 5.91 Å². The minimum absolute atomic E-state index is 0.0590. The lowest BCUT2D eigenvalue weighted by molar-refractivity contribution is -0.130. The highest BCUT2D eigenvalue weighted by molar-refractivity contribution is 6.01. The van der Waals surface area contributed by atoms with E-state index < -0.39 is 17.7 Å². The summed E-state index contributed by atoms with van der Waals surface area (Å²) in [6.07, 6.45) is 5.58. The van der Waals surface area contributed by atoms with Crippen molar-refractivity contribution in [3.63, 3.8) is 0 Å². The molecule has 2 atom stereocenters. The average molecular weight is 454 g/mol. The molecule has 2 aromatic heterocycles. The second-order valence-electron chi connectivity index (χ2n) is 7.64. The van der Waals surface area contributed by atoms with Crippen LogP contribution in [0.2, 0.25) is 0 Å². The summed E-state index contributed by atoms with van der Waals surface area (Å²) in [5.74, 6) is -0.767. The number of carbonyl (C=O) groups is 1. The van der Waals surface area contributed by atoms with E-state index in [9.17, 15) is 13.6 Å². The molecule has 3 heterocycles. The first-order chi connectivity index (χ1) is 16.0. The molecule has 7 nitrogen and oxygen atoms in total. The number of pyridine rings is 2. The number of halogens is 2. The molecule has 1 amide bonds. The Morgan fingerprint density at radius 1 is 1.24 bits per heavy atom. The normalized spacial score (nSPS) is 18.5. The summed E-state index contributed by atoms with van der Waals surface area (Å²) in [6.45, 7) is 0.834. The highest BCUT2D eigenvalue weighted by Gasteiger charge is 2.27. The molecular weight excluding hydrogens is 430 g/mol. The van der Waals surface area contributed by atoms with Crippen LogP contribution >= 0.6 is 0 Å². The Morgan fingerprint density at radius 2 is 2.12 bits per heavy atom. The van der Waals surface area contributed by atoms with Gasteiger partial charge < -0.3 is 20.1 Å². The van der Waals surface area contributed by atoms with Crippen LogP contribution in [0.25, 0.3) is 17.1 Å². The Kier molecular flexibility index (Phi) is 7.21. The van der Waals surface area contributed by atoms with Gasteiger partial charge >= 0.3 is 0 Å². The largest absolute Gasteiger partial charge is 0.481 e. The van der Waals surface area contributed by atoms with Crippen LogP contribution < -0.4 is 15.4 Å². The SMILES string of the molecule is COc1ccc2nccc(NC(=O)[C@@H]3CC[C@@H](NC/C=C/c4cc(F)ccc4F)CO3)c2n1. The number of amides is 1. The maximum absolute atomic E-state index is 13.6. The zero-order valence-corrected chi connectivity index (χ0v) is 18.1. The van der Waals surface area contributed by atoms with Gasteiger partial charge in [-0.3, -0.25) is 9.78 Å². The predicted octanol–water partition coefficient (Wildman–Crippen LogP) is 3.71. The van der Waals surface area contributed by atoms with E-state index in [4.69, 9.17) is 9.47 Å². The van der Waals surface area contributed by atoms with E-state index >= 15 is 0 Å². The number of rotatable bonds is 7. The van der Waals surface area contributed by atoms with Gasteiger partial charge in [-0.05, 0) is 43.2 Å². The molecule has 3 aromatic rings. The maximum Gasteiger partial charge on any atom is 0.253 e. The van der Waals surface area contributed by atoms with Crippen LogP contribution in [0.5, 0.6) is 5.88 Å². The van der Waals surface area contributed by atoms with Gasteiger partial charge in [-0.25, -0.2) is 13.8 Å². The van der Waals surface area contributed by atoms with E-state index in [-0.39, 0.29) is 17.5 Å². The number of anilines is 1. The summed E-state index contributed by atoms with van der Waals surface area (Å²) < 4.78 is 37.8. The molecule has 0 unspecified atom stereocenters. The number of fused-ring (bicyclic) bond motifs is 1. The Bertz CT molecular complexity index is 1160. The zero-order chi connectivity index (χ0) is 23.2. The summed E-state index contributed by atoms with van der Waals surface area (Å²) >= 11 is 0. The van der Waals surface area contributed by atoms with Crippen LogP contribution in [0, 0.1) is 11.6 Å². The molecule has 0 bridgehead atoms. The number of methoxy groups -OCH3 is 1. The minimum atomic E-state index is -0.575. The number of hydrogen-bond acceptors (Lipinski definition) is 6. The molecule has 0 aliphatic carbocycles. The van der Waals surface area contributed by atoms with Crippen molar-refractivity contribution >= 4 is 28.7 Å². The van der Waals surface area contributed by atoms with E-state index in [2.05, 4.69) is 20.6 Å².